The molecule has 1 amide bonds. The fourth-order valence-electron chi connectivity index (χ4n) is 2.78. The summed E-state index contributed by atoms with van der Waals surface area (Å²) in [7, 11) is 0. The highest BCUT2D eigenvalue weighted by Crippen LogP contribution is 2.13. The van der Waals surface area contributed by atoms with Crippen LogP contribution >= 0.6 is 0 Å². The number of carbonyl (C=O) groups excluding carboxylic acids is 1. The lowest BCUT2D eigenvalue weighted by molar-refractivity contribution is -0.137. The second-order valence-electron chi connectivity index (χ2n) is 5.58. The van der Waals surface area contributed by atoms with Gasteiger partial charge in [0.25, 0.3) is 0 Å². The van der Waals surface area contributed by atoms with Crippen molar-refractivity contribution in [2.24, 2.45) is 0 Å². The minimum atomic E-state index is 0.0526. The number of carbonyl (C=O) groups is 1. The Hall–Kier alpha value is -1.73. The summed E-state index contributed by atoms with van der Waals surface area (Å²) in [5.74, 6) is 0.918. The molecular formula is C15H22N4O3. The van der Waals surface area contributed by atoms with Gasteiger partial charge < -0.3 is 19.3 Å². The monoisotopic (exact) mass is 306 g/mol. The standard InChI is InChI=1S/C15H22N4O3/c20-15(12-21-11-13-2-1-9-22-13)19-7-5-18(6-8-19)14-10-16-3-4-17-14/h3-4,10,13H,1-2,5-9,11-12H2/t13-/m1/s1. The van der Waals surface area contributed by atoms with Crippen molar-refractivity contribution in [1.82, 2.24) is 14.9 Å². The fourth-order valence-corrected chi connectivity index (χ4v) is 2.78. The Morgan fingerprint density at radius 3 is 2.86 bits per heavy atom. The third kappa shape index (κ3) is 3.92. The molecule has 22 heavy (non-hydrogen) atoms. The van der Waals surface area contributed by atoms with E-state index in [-0.39, 0.29) is 18.6 Å². The largest absolute Gasteiger partial charge is 0.376 e. The first-order valence-electron chi connectivity index (χ1n) is 7.81. The van der Waals surface area contributed by atoms with Gasteiger partial charge in [-0.3, -0.25) is 9.78 Å². The molecule has 7 nitrogen and oxygen atoms in total. The number of nitrogens with zero attached hydrogens (tertiary/aromatic N) is 4. The highest BCUT2D eigenvalue weighted by atomic mass is 16.5. The zero-order valence-corrected chi connectivity index (χ0v) is 12.7. The summed E-state index contributed by atoms with van der Waals surface area (Å²) in [5.41, 5.74) is 0. The van der Waals surface area contributed by atoms with E-state index in [0.717, 1.165) is 38.4 Å². The van der Waals surface area contributed by atoms with Crippen molar-refractivity contribution < 1.29 is 14.3 Å². The maximum atomic E-state index is 12.1. The Bertz CT molecular complexity index is 471. The molecule has 2 aliphatic heterocycles. The molecule has 3 rings (SSSR count). The Morgan fingerprint density at radius 1 is 1.32 bits per heavy atom. The number of hydrogen-bond donors (Lipinski definition) is 0. The zero-order valence-electron chi connectivity index (χ0n) is 12.7. The van der Waals surface area contributed by atoms with E-state index in [1.807, 2.05) is 4.90 Å². The van der Waals surface area contributed by atoms with Crippen LogP contribution in [0.2, 0.25) is 0 Å². The highest BCUT2D eigenvalue weighted by molar-refractivity contribution is 5.77. The first-order chi connectivity index (χ1) is 10.8. The Labute approximate surface area is 130 Å². The van der Waals surface area contributed by atoms with Gasteiger partial charge in [-0.15, -0.1) is 0 Å². The zero-order chi connectivity index (χ0) is 15.2. The molecule has 1 aromatic heterocycles. The summed E-state index contributed by atoms with van der Waals surface area (Å²) in [6, 6.07) is 0. The van der Waals surface area contributed by atoms with Crippen LogP contribution in [-0.2, 0) is 14.3 Å². The SMILES string of the molecule is O=C(COC[C@H]1CCCO1)N1CCN(c2cnccn2)CC1. The summed E-state index contributed by atoms with van der Waals surface area (Å²) >= 11 is 0. The van der Waals surface area contributed by atoms with E-state index in [0.29, 0.717) is 19.7 Å². The van der Waals surface area contributed by atoms with Crippen LogP contribution in [0.4, 0.5) is 5.82 Å². The van der Waals surface area contributed by atoms with Crippen molar-refractivity contribution in [3.63, 3.8) is 0 Å². The quantitative estimate of drug-likeness (QED) is 0.780. The van der Waals surface area contributed by atoms with Gasteiger partial charge in [0.05, 0.1) is 18.9 Å². The average molecular weight is 306 g/mol. The smallest absolute Gasteiger partial charge is 0.248 e. The normalized spacial score (nSPS) is 22.1. The lowest BCUT2D eigenvalue weighted by atomic mass is 10.2. The topological polar surface area (TPSA) is 67.8 Å². The number of anilines is 1. The third-order valence-corrected chi connectivity index (χ3v) is 4.06. The number of aromatic nitrogens is 2. The van der Waals surface area contributed by atoms with Crippen LogP contribution in [-0.4, -0.2) is 72.9 Å². The maximum Gasteiger partial charge on any atom is 0.248 e. The van der Waals surface area contributed by atoms with Crippen LogP contribution in [0.3, 0.4) is 0 Å². The van der Waals surface area contributed by atoms with Crippen molar-refractivity contribution in [1.29, 1.82) is 0 Å². The van der Waals surface area contributed by atoms with E-state index in [1.54, 1.807) is 18.6 Å². The van der Waals surface area contributed by atoms with Gasteiger partial charge in [0.2, 0.25) is 5.91 Å². The molecular weight excluding hydrogens is 284 g/mol. The van der Waals surface area contributed by atoms with Gasteiger partial charge in [-0.1, -0.05) is 0 Å². The summed E-state index contributed by atoms with van der Waals surface area (Å²) < 4.78 is 11.0. The van der Waals surface area contributed by atoms with Crippen LogP contribution in [0.5, 0.6) is 0 Å². The molecule has 0 saturated carbocycles. The van der Waals surface area contributed by atoms with Crippen molar-refractivity contribution in [2.75, 3.05) is 50.9 Å². The van der Waals surface area contributed by atoms with Gasteiger partial charge in [0.15, 0.2) is 0 Å². The Balaban J connectivity index is 1.38. The van der Waals surface area contributed by atoms with E-state index in [1.165, 1.54) is 0 Å². The average Bonchev–Trinajstić information content (AvgIpc) is 3.09. The highest BCUT2D eigenvalue weighted by Gasteiger charge is 2.22. The Morgan fingerprint density at radius 2 is 2.18 bits per heavy atom. The number of rotatable bonds is 5. The molecule has 1 atom stereocenters. The molecule has 0 unspecified atom stereocenters. The molecule has 0 aliphatic carbocycles. The number of amides is 1. The second-order valence-corrected chi connectivity index (χ2v) is 5.58. The molecule has 2 saturated heterocycles. The summed E-state index contributed by atoms with van der Waals surface area (Å²) in [6.45, 7) is 4.41. The number of ether oxygens (including phenoxy) is 2. The first kappa shape index (κ1) is 15.2. The first-order valence-corrected chi connectivity index (χ1v) is 7.81. The van der Waals surface area contributed by atoms with Crippen LogP contribution in [0.15, 0.2) is 18.6 Å². The molecule has 0 N–H and O–H groups in total. The predicted octanol–water partition coefficient (Wildman–Crippen LogP) is 0.321. The molecule has 7 heteroatoms. The van der Waals surface area contributed by atoms with Crippen molar-refractivity contribution in [3.05, 3.63) is 18.6 Å². The molecule has 0 spiro atoms. The molecule has 0 radical (unpaired) electrons. The van der Waals surface area contributed by atoms with Gasteiger partial charge in [0.1, 0.15) is 12.4 Å². The van der Waals surface area contributed by atoms with E-state index >= 15 is 0 Å². The molecule has 3 heterocycles. The minimum absolute atomic E-state index is 0.0526. The van der Waals surface area contributed by atoms with Crippen LogP contribution in [0.25, 0.3) is 0 Å². The van der Waals surface area contributed by atoms with Gasteiger partial charge in [-0.2, -0.15) is 0 Å². The van der Waals surface area contributed by atoms with Crippen LogP contribution in [0.1, 0.15) is 12.8 Å². The van der Waals surface area contributed by atoms with Crippen LogP contribution < -0.4 is 4.90 Å². The van der Waals surface area contributed by atoms with Gasteiger partial charge in [0, 0.05) is 45.2 Å². The molecule has 2 aliphatic rings. The Kier molecular flexibility index (Phi) is 5.18. The van der Waals surface area contributed by atoms with E-state index in [2.05, 4.69) is 14.9 Å². The second kappa shape index (κ2) is 7.51. The van der Waals surface area contributed by atoms with E-state index in [4.69, 9.17) is 9.47 Å². The number of piperazine rings is 1. The van der Waals surface area contributed by atoms with Gasteiger partial charge in [-0.05, 0) is 12.8 Å². The lowest BCUT2D eigenvalue weighted by Gasteiger charge is -2.35. The minimum Gasteiger partial charge on any atom is -0.376 e. The van der Waals surface area contributed by atoms with Crippen molar-refractivity contribution in [3.8, 4) is 0 Å². The summed E-state index contributed by atoms with van der Waals surface area (Å²) in [6.07, 6.45) is 7.39. The molecule has 0 bridgehead atoms. The molecule has 2 fully saturated rings. The van der Waals surface area contributed by atoms with Gasteiger partial charge in [-0.25, -0.2) is 4.98 Å². The lowest BCUT2D eigenvalue weighted by Crippen LogP contribution is -2.50. The van der Waals surface area contributed by atoms with E-state index < -0.39 is 0 Å². The fraction of sp³-hybridized carbons (Fsp3) is 0.667. The van der Waals surface area contributed by atoms with Crippen molar-refractivity contribution in [2.45, 2.75) is 18.9 Å². The van der Waals surface area contributed by atoms with Gasteiger partial charge >= 0.3 is 0 Å². The molecule has 0 aromatic carbocycles. The number of hydrogen-bond acceptors (Lipinski definition) is 6. The maximum absolute atomic E-state index is 12.1. The molecule has 120 valence electrons. The summed E-state index contributed by atoms with van der Waals surface area (Å²) in [5, 5.41) is 0. The van der Waals surface area contributed by atoms with Crippen LogP contribution in [0, 0.1) is 0 Å². The summed E-state index contributed by atoms with van der Waals surface area (Å²) in [4.78, 5) is 24.5. The van der Waals surface area contributed by atoms with E-state index in [9.17, 15) is 4.79 Å². The third-order valence-electron chi connectivity index (χ3n) is 4.06. The molecule has 1 aromatic rings. The predicted molar refractivity (Wildman–Crippen MR) is 80.6 cm³/mol. The van der Waals surface area contributed by atoms with Crippen molar-refractivity contribution >= 4 is 11.7 Å².